The van der Waals surface area contributed by atoms with Gasteiger partial charge in [-0.25, -0.2) is 4.79 Å². The maximum absolute atomic E-state index is 14.0. The normalized spacial score (nSPS) is 22.5. The first-order chi connectivity index (χ1) is 22.2. The molecular formula is C32H35F9N2O5. The Bertz CT molecular complexity index is 1440. The zero-order chi connectivity index (χ0) is 35.8. The van der Waals surface area contributed by atoms with Crippen molar-refractivity contribution in [3.8, 4) is 0 Å². The number of rotatable bonds is 8. The van der Waals surface area contributed by atoms with Gasteiger partial charge >= 0.3 is 30.6 Å². The van der Waals surface area contributed by atoms with E-state index >= 15 is 0 Å². The highest BCUT2D eigenvalue weighted by molar-refractivity contribution is 5.70. The number of carbonyl (C=O) groups is 2. The Morgan fingerprint density at radius 1 is 0.896 bits per heavy atom. The number of hydrogen-bond acceptors (Lipinski definition) is 5. The van der Waals surface area contributed by atoms with Gasteiger partial charge in [-0.2, -0.15) is 39.5 Å². The van der Waals surface area contributed by atoms with Crippen LogP contribution in [0.2, 0.25) is 0 Å². The molecule has 48 heavy (non-hydrogen) atoms. The molecule has 16 heteroatoms. The molecule has 1 saturated carbocycles. The van der Waals surface area contributed by atoms with Crippen molar-refractivity contribution in [3.63, 3.8) is 0 Å². The minimum atomic E-state index is -5.18. The minimum absolute atomic E-state index is 0.0332. The number of fused-ring (bicyclic) bond motifs is 1. The van der Waals surface area contributed by atoms with Crippen LogP contribution in [0.4, 0.5) is 50.0 Å². The van der Waals surface area contributed by atoms with E-state index in [-0.39, 0.29) is 42.0 Å². The van der Waals surface area contributed by atoms with Crippen molar-refractivity contribution >= 4 is 17.7 Å². The molecule has 2 aliphatic rings. The van der Waals surface area contributed by atoms with Gasteiger partial charge in [0.1, 0.15) is 6.23 Å². The van der Waals surface area contributed by atoms with E-state index in [0.717, 1.165) is 30.2 Å². The summed E-state index contributed by atoms with van der Waals surface area (Å²) >= 11 is 0. The maximum atomic E-state index is 14.0. The van der Waals surface area contributed by atoms with Gasteiger partial charge in [0.2, 0.25) is 0 Å². The third-order valence-corrected chi connectivity index (χ3v) is 9.20. The number of aliphatic hydroxyl groups excluding tert-OH is 1. The second kappa shape index (κ2) is 14.0. The summed E-state index contributed by atoms with van der Waals surface area (Å²) in [4.78, 5) is 26.7. The van der Waals surface area contributed by atoms with Crippen molar-refractivity contribution in [1.29, 1.82) is 0 Å². The first-order valence-corrected chi connectivity index (χ1v) is 15.3. The Morgan fingerprint density at radius 2 is 1.46 bits per heavy atom. The molecule has 1 heterocycles. The number of carboxylic acids is 1. The fourth-order valence-corrected chi connectivity index (χ4v) is 6.84. The van der Waals surface area contributed by atoms with Crippen LogP contribution in [-0.4, -0.2) is 46.6 Å². The quantitative estimate of drug-likeness (QED) is 0.269. The molecule has 0 bridgehead atoms. The molecule has 2 unspecified atom stereocenters. The number of methoxy groups -OCH3 is 1. The van der Waals surface area contributed by atoms with Crippen LogP contribution in [0.25, 0.3) is 0 Å². The molecule has 2 aromatic rings. The Morgan fingerprint density at radius 3 is 1.94 bits per heavy atom. The fraction of sp³-hybridized carbons (Fsp3) is 0.562. The molecule has 0 radical (unpaired) electrons. The lowest BCUT2D eigenvalue weighted by atomic mass is 9.78. The third-order valence-electron chi connectivity index (χ3n) is 9.20. The van der Waals surface area contributed by atoms with Crippen LogP contribution in [0.15, 0.2) is 36.4 Å². The molecule has 1 aliphatic heterocycles. The lowest BCUT2D eigenvalue weighted by Crippen LogP contribution is -2.53. The van der Waals surface area contributed by atoms with E-state index in [4.69, 9.17) is 9.84 Å². The molecule has 1 amide bonds. The Kier molecular flexibility index (Phi) is 10.9. The molecule has 2 aromatic carbocycles. The van der Waals surface area contributed by atoms with Crippen molar-refractivity contribution in [3.05, 3.63) is 64.2 Å². The maximum Gasteiger partial charge on any atom is 0.416 e. The van der Waals surface area contributed by atoms with Crippen molar-refractivity contribution in [1.82, 2.24) is 4.90 Å². The van der Waals surface area contributed by atoms with Crippen LogP contribution in [0.1, 0.15) is 85.7 Å². The van der Waals surface area contributed by atoms with Crippen LogP contribution in [0.5, 0.6) is 0 Å². The number of carbonyl (C=O) groups excluding carboxylic acids is 1. The number of nitrogens with zero attached hydrogens (tertiary/aromatic N) is 2. The zero-order valence-electron chi connectivity index (χ0n) is 25.9. The summed E-state index contributed by atoms with van der Waals surface area (Å²) < 4.78 is 128. The third kappa shape index (κ3) is 8.29. The lowest BCUT2D eigenvalue weighted by Gasteiger charge is -2.49. The summed E-state index contributed by atoms with van der Waals surface area (Å²) in [5.74, 6) is -1.42. The summed E-state index contributed by atoms with van der Waals surface area (Å²) in [6.07, 6.45) is -15.6. The first-order valence-electron chi connectivity index (χ1n) is 15.3. The van der Waals surface area contributed by atoms with Crippen LogP contribution < -0.4 is 4.90 Å². The number of aliphatic carboxylic acids is 1. The van der Waals surface area contributed by atoms with Crippen LogP contribution in [0.3, 0.4) is 0 Å². The topological polar surface area (TPSA) is 90.3 Å². The van der Waals surface area contributed by atoms with E-state index in [1.165, 1.54) is 0 Å². The molecule has 1 fully saturated rings. The van der Waals surface area contributed by atoms with E-state index in [1.54, 1.807) is 11.8 Å². The number of amides is 1. The van der Waals surface area contributed by atoms with Gasteiger partial charge in [-0.3, -0.25) is 9.69 Å². The molecule has 0 spiro atoms. The first kappa shape index (κ1) is 37.1. The number of benzene rings is 2. The van der Waals surface area contributed by atoms with Gasteiger partial charge in [-0.15, -0.1) is 0 Å². The van der Waals surface area contributed by atoms with Gasteiger partial charge in [0.15, 0.2) is 0 Å². The number of alkyl halides is 9. The number of aliphatic hydroxyl groups is 1. The molecule has 3 atom stereocenters. The summed E-state index contributed by atoms with van der Waals surface area (Å²) in [6.45, 7) is 0.859. The number of carboxylic acid groups (broad SMARTS) is 1. The SMILES string of the molecule is CCC1C[C@H](N(Cc2cc(C(F)(F)F)cc(C(F)(F)F)c2)C(=O)OC)c2cc(C(F)(F)F)ccc2N1C(O)C1CCC(CC(=O)O)CC1. The molecule has 0 aromatic heterocycles. The van der Waals surface area contributed by atoms with E-state index in [2.05, 4.69) is 0 Å². The summed E-state index contributed by atoms with van der Waals surface area (Å²) in [6, 6.07) is 1.56. The summed E-state index contributed by atoms with van der Waals surface area (Å²) in [5, 5.41) is 20.8. The minimum Gasteiger partial charge on any atom is -0.481 e. The Hall–Kier alpha value is -3.69. The standard InChI is InChI=1S/C32H35F9N2O5/c1-3-23-15-26(42(29(47)48-2)16-18-10-21(31(36,37)38)13-22(11-18)32(39,40)41)24-14-20(30(33,34)35)8-9-25(24)43(23)28(46)19-6-4-17(5-7-19)12-27(44)45/h8-11,13-14,17,19,23,26,28,46H,3-7,12,15-16H2,1-2H3,(H,44,45)/t17?,19?,23?,26-,28?/m0/s1. The molecule has 7 nitrogen and oxygen atoms in total. The monoisotopic (exact) mass is 698 g/mol. The number of halogens is 9. The smallest absolute Gasteiger partial charge is 0.416 e. The molecular weight excluding hydrogens is 663 g/mol. The largest absolute Gasteiger partial charge is 0.481 e. The van der Waals surface area contributed by atoms with Gasteiger partial charge in [0, 0.05) is 30.6 Å². The second-order valence-corrected chi connectivity index (χ2v) is 12.3. The van der Waals surface area contributed by atoms with Gasteiger partial charge < -0.3 is 19.8 Å². The Labute approximate surface area is 270 Å². The van der Waals surface area contributed by atoms with Gasteiger partial charge in [-0.05, 0) is 92.0 Å². The zero-order valence-corrected chi connectivity index (χ0v) is 25.9. The van der Waals surface area contributed by atoms with E-state index in [0.29, 0.717) is 44.2 Å². The fourth-order valence-electron chi connectivity index (χ4n) is 6.84. The molecule has 1 aliphatic carbocycles. The van der Waals surface area contributed by atoms with Crippen LogP contribution in [0, 0.1) is 11.8 Å². The average molecular weight is 699 g/mol. The van der Waals surface area contributed by atoms with Gasteiger partial charge in [-0.1, -0.05) is 6.92 Å². The van der Waals surface area contributed by atoms with Crippen LogP contribution in [-0.2, 0) is 34.6 Å². The Balaban J connectivity index is 1.80. The second-order valence-electron chi connectivity index (χ2n) is 12.3. The highest BCUT2D eigenvalue weighted by atomic mass is 19.4. The highest BCUT2D eigenvalue weighted by Crippen LogP contribution is 2.47. The lowest BCUT2D eigenvalue weighted by molar-refractivity contribution is -0.143. The van der Waals surface area contributed by atoms with Crippen molar-refractivity contribution in [2.24, 2.45) is 11.8 Å². The molecule has 0 saturated heterocycles. The van der Waals surface area contributed by atoms with E-state index in [1.807, 2.05) is 0 Å². The van der Waals surface area contributed by atoms with Gasteiger partial charge in [0.05, 0.1) is 29.8 Å². The van der Waals surface area contributed by atoms with Crippen molar-refractivity contribution in [2.45, 2.75) is 95.3 Å². The number of anilines is 1. The molecule has 2 N–H and O–H groups in total. The average Bonchev–Trinajstić information content (AvgIpc) is 3.00. The molecule has 266 valence electrons. The summed E-state index contributed by atoms with van der Waals surface area (Å²) in [7, 11) is 0.923. The summed E-state index contributed by atoms with van der Waals surface area (Å²) in [5.41, 5.74) is -4.96. The van der Waals surface area contributed by atoms with Crippen molar-refractivity contribution in [2.75, 3.05) is 12.0 Å². The number of hydrogen-bond donors (Lipinski definition) is 2. The molecule has 4 rings (SSSR count). The highest BCUT2D eigenvalue weighted by Gasteiger charge is 2.44. The van der Waals surface area contributed by atoms with Gasteiger partial charge in [0.25, 0.3) is 0 Å². The van der Waals surface area contributed by atoms with Crippen LogP contribution >= 0.6 is 0 Å². The van der Waals surface area contributed by atoms with Crippen molar-refractivity contribution < 1.29 is 64.1 Å². The predicted molar refractivity (Wildman–Crippen MR) is 153 cm³/mol. The van der Waals surface area contributed by atoms with E-state index < -0.39 is 77.7 Å². The predicted octanol–water partition coefficient (Wildman–Crippen LogP) is 8.64. The van der Waals surface area contributed by atoms with E-state index in [9.17, 15) is 54.2 Å². The number of ether oxygens (including phenoxy) is 1.